The second-order valence-corrected chi connectivity index (χ2v) is 9.94. The maximum Gasteiger partial charge on any atom is 0.302 e. The fourth-order valence-corrected chi connectivity index (χ4v) is 8.89. The highest BCUT2D eigenvalue weighted by atomic mass is 79.9. The first kappa shape index (κ1) is 20.4. The maximum absolute atomic E-state index is 11.7. The fourth-order valence-electron chi connectivity index (χ4n) is 3.87. The van der Waals surface area contributed by atoms with Crippen LogP contribution in [0, 0.1) is 5.92 Å². The summed E-state index contributed by atoms with van der Waals surface area (Å²) >= 11 is 15.0. The third-order valence-corrected chi connectivity index (χ3v) is 11.3. The SMILES string of the molecule is CCCC[C@@H]1[C@H](OC(C)=O)[C@]2(Br)C(Br)=C(Br)[C@@]1(Br)C2(OC)OC. The van der Waals surface area contributed by atoms with Crippen molar-refractivity contribution in [2.45, 2.75) is 53.6 Å². The summed E-state index contributed by atoms with van der Waals surface area (Å²) in [5.74, 6) is -1.39. The maximum atomic E-state index is 11.7. The number of esters is 1. The summed E-state index contributed by atoms with van der Waals surface area (Å²) < 4.78 is 17.8. The third kappa shape index (κ3) is 2.41. The smallest absolute Gasteiger partial charge is 0.302 e. The van der Waals surface area contributed by atoms with Crippen LogP contribution in [-0.4, -0.2) is 40.7 Å². The average molecular weight is 584 g/mol. The van der Waals surface area contributed by atoms with Crippen molar-refractivity contribution in [3.8, 4) is 0 Å². The lowest BCUT2D eigenvalue weighted by molar-refractivity contribution is -0.217. The molecule has 2 aliphatic carbocycles. The number of hydrogen-bond donors (Lipinski definition) is 0. The van der Waals surface area contributed by atoms with Gasteiger partial charge in [-0.05, 0) is 6.42 Å². The number of halogens is 4. The van der Waals surface area contributed by atoms with E-state index in [1.54, 1.807) is 14.2 Å². The molecule has 0 spiro atoms. The molecule has 2 rings (SSSR count). The molecule has 0 N–H and O–H groups in total. The van der Waals surface area contributed by atoms with Crippen LogP contribution in [0.5, 0.6) is 0 Å². The molecule has 0 radical (unpaired) electrons. The van der Waals surface area contributed by atoms with Crippen molar-refractivity contribution in [3.05, 3.63) is 8.96 Å². The van der Waals surface area contributed by atoms with E-state index in [-0.39, 0.29) is 11.9 Å². The highest BCUT2D eigenvalue weighted by Gasteiger charge is 2.84. The molecule has 132 valence electrons. The van der Waals surface area contributed by atoms with Gasteiger partial charge >= 0.3 is 5.97 Å². The van der Waals surface area contributed by atoms with Crippen molar-refractivity contribution in [3.63, 3.8) is 0 Å². The minimum absolute atomic E-state index is 0.0127. The Bertz CT molecular complexity index is 534. The predicted molar refractivity (Wildman–Crippen MR) is 104 cm³/mol. The topological polar surface area (TPSA) is 44.8 Å². The van der Waals surface area contributed by atoms with E-state index >= 15 is 0 Å². The first-order valence-electron chi connectivity index (χ1n) is 7.40. The normalized spacial score (nSPS) is 38.3. The van der Waals surface area contributed by atoms with Gasteiger partial charge in [0.05, 0.1) is 0 Å². The van der Waals surface area contributed by atoms with Crippen LogP contribution in [0.4, 0.5) is 0 Å². The summed E-state index contributed by atoms with van der Waals surface area (Å²) in [7, 11) is 3.21. The molecule has 0 heterocycles. The van der Waals surface area contributed by atoms with E-state index in [0.29, 0.717) is 0 Å². The highest BCUT2D eigenvalue weighted by Crippen LogP contribution is 2.74. The van der Waals surface area contributed by atoms with Gasteiger partial charge in [-0.1, -0.05) is 83.5 Å². The Morgan fingerprint density at radius 1 is 1.13 bits per heavy atom. The molecule has 0 aromatic heterocycles. The molecule has 0 aromatic carbocycles. The Kier molecular flexibility index (Phi) is 6.19. The first-order chi connectivity index (χ1) is 10.7. The second-order valence-electron chi connectivity index (χ2n) is 5.86. The standard InChI is InChI=1S/C15H20Br4O4/c1-5-6-7-9-12(23-8(2)20)14(19)11(17)10(16)13(9,18)15(14,21-3)22-4/h9,12H,5-7H2,1-4H3/t9-,12+,13-,14-/m1/s1. The van der Waals surface area contributed by atoms with Gasteiger partial charge in [-0.2, -0.15) is 0 Å². The zero-order valence-corrected chi connectivity index (χ0v) is 19.8. The number of carbonyl (C=O) groups is 1. The summed E-state index contributed by atoms with van der Waals surface area (Å²) in [5, 5.41) is 0. The van der Waals surface area contributed by atoms with Crippen molar-refractivity contribution in [1.82, 2.24) is 0 Å². The lowest BCUT2D eigenvalue weighted by Crippen LogP contribution is -2.57. The molecule has 8 heteroatoms. The van der Waals surface area contributed by atoms with Crippen LogP contribution in [-0.2, 0) is 19.0 Å². The Hall–Kier alpha value is 1.05. The van der Waals surface area contributed by atoms with Gasteiger partial charge in [-0.15, -0.1) is 0 Å². The Balaban J connectivity index is 2.67. The van der Waals surface area contributed by atoms with Gasteiger partial charge in [0.1, 0.15) is 10.4 Å². The van der Waals surface area contributed by atoms with Crippen LogP contribution in [0.2, 0.25) is 0 Å². The molecular weight excluding hydrogens is 564 g/mol. The fraction of sp³-hybridized carbons (Fsp3) is 0.800. The van der Waals surface area contributed by atoms with Crippen molar-refractivity contribution >= 4 is 69.7 Å². The summed E-state index contributed by atoms with van der Waals surface area (Å²) in [6.45, 7) is 3.56. The number of unbranched alkanes of at least 4 members (excludes halogenated alkanes) is 1. The molecule has 0 aliphatic heterocycles. The lowest BCUT2D eigenvalue weighted by atomic mass is 9.86. The van der Waals surface area contributed by atoms with Gasteiger partial charge < -0.3 is 14.2 Å². The van der Waals surface area contributed by atoms with Crippen LogP contribution in [0.25, 0.3) is 0 Å². The number of methoxy groups -OCH3 is 2. The summed E-state index contributed by atoms with van der Waals surface area (Å²) in [6.07, 6.45) is 2.51. The monoisotopic (exact) mass is 580 g/mol. The van der Waals surface area contributed by atoms with E-state index in [1.165, 1.54) is 6.92 Å². The minimum atomic E-state index is -1.06. The predicted octanol–water partition coefficient (Wildman–Crippen LogP) is 5.01. The molecule has 2 bridgehead atoms. The number of fused-ring (bicyclic) bond motifs is 2. The molecule has 4 nitrogen and oxygen atoms in total. The van der Waals surface area contributed by atoms with Crippen molar-refractivity contribution in [2.75, 3.05) is 14.2 Å². The van der Waals surface area contributed by atoms with Gasteiger partial charge in [0.2, 0.25) is 5.79 Å². The van der Waals surface area contributed by atoms with Gasteiger partial charge in [0.15, 0.2) is 4.32 Å². The minimum Gasteiger partial charge on any atom is -0.460 e. The van der Waals surface area contributed by atoms with Crippen LogP contribution in [0.15, 0.2) is 8.96 Å². The lowest BCUT2D eigenvalue weighted by Gasteiger charge is -2.41. The molecule has 1 fully saturated rings. The number of ether oxygens (including phenoxy) is 3. The van der Waals surface area contributed by atoms with Gasteiger partial charge in [0.25, 0.3) is 0 Å². The van der Waals surface area contributed by atoms with Gasteiger partial charge in [0, 0.05) is 36.0 Å². The largest absolute Gasteiger partial charge is 0.460 e. The highest BCUT2D eigenvalue weighted by molar-refractivity contribution is 9.16. The Labute approximate surface area is 170 Å². The molecule has 4 atom stereocenters. The van der Waals surface area contributed by atoms with Gasteiger partial charge in [-0.25, -0.2) is 0 Å². The quantitative estimate of drug-likeness (QED) is 0.251. The average Bonchev–Trinajstić information content (AvgIpc) is 2.74. The van der Waals surface area contributed by atoms with Crippen LogP contribution in [0.1, 0.15) is 33.1 Å². The zero-order valence-electron chi connectivity index (χ0n) is 13.4. The van der Waals surface area contributed by atoms with Crippen molar-refractivity contribution in [2.24, 2.45) is 5.92 Å². The number of hydrogen-bond acceptors (Lipinski definition) is 4. The van der Waals surface area contributed by atoms with Crippen LogP contribution in [0.3, 0.4) is 0 Å². The zero-order chi connectivity index (χ0) is 17.6. The molecule has 0 aromatic rings. The number of carbonyl (C=O) groups excluding carboxylic acids is 1. The summed E-state index contributed by atoms with van der Waals surface area (Å²) in [6, 6.07) is 0. The molecule has 0 unspecified atom stereocenters. The molecule has 23 heavy (non-hydrogen) atoms. The third-order valence-electron chi connectivity index (χ3n) is 4.79. The van der Waals surface area contributed by atoms with E-state index in [2.05, 4.69) is 70.6 Å². The van der Waals surface area contributed by atoms with E-state index < -0.39 is 20.5 Å². The van der Waals surface area contributed by atoms with Gasteiger partial charge in [-0.3, -0.25) is 4.79 Å². The number of rotatable bonds is 6. The molecule has 0 saturated heterocycles. The first-order valence-corrected chi connectivity index (χ1v) is 10.6. The molecule has 2 aliphatic rings. The summed E-state index contributed by atoms with van der Waals surface area (Å²) in [5.41, 5.74) is 0. The van der Waals surface area contributed by atoms with Crippen LogP contribution >= 0.6 is 63.7 Å². The molecular formula is C15H20Br4O4. The van der Waals surface area contributed by atoms with E-state index in [1.807, 2.05) is 0 Å². The van der Waals surface area contributed by atoms with Crippen molar-refractivity contribution in [1.29, 1.82) is 0 Å². The van der Waals surface area contributed by atoms with E-state index in [9.17, 15) is 4.79 Å². The van der Waals surface area contributed by atoms with Crippen LogP contribution < -0.4 is 0 Å². The second kappa shape index (κ2) is 6.99. The Morgan fingerprint density at radius 2 is 1.65 bits per heavy atom. The molecule has 1 saturated carbocycles. The van der Waals surface area contributed by atoms with E-state index in [4.69, 9.17) is 14.2 Å². The Morgan fingerprint density at radius 3 is 2.09 bits per heavy atom. The van der Waals surface area contributed by atoms with Crippen molar-refractivity contribution < 1.29 is 19.0 Å². The number of alkyl halides is 2. The van der Waals surface area contributed by atoms with E-state index in [0.717, 1.165) is 28.2 Å². The molecule has 0 amide bonds. The summed E-state index contributed by atoms with van der Waals surface area (Å²) in [4.78, 5) is 11.7.